The summed E-state index contributed by atoms with van der Waals surface area (Å²) in [6.45, 7) is 5.03. The van der Waals surface area contributed by atoms with Crippen LogP contribution in [-0.2, 0) is 15.8 Å². The molecule has 2 saturated heterocycles. The predicted octanol–water partition coefficient (Wildman–Crippen LogP) is 1.99. The van der Waals surface area contributed by atoms with Gasteiger partial charge in [-0.1, -0.05) is 11.6 Å². The molecular weight excluding hydrogens is 423 g/mol. The van der Waals surface area contributed by atoms with Crippen LogP contribution in [0.4, 0.5) is 19.0 Å². The summed E-state index contributed by atoms with van der Waals surface area (Å²) in [5.74, 6) is -0.135. The maximum atomic E-state index is 12.9. The number of halogens is 4. The van der Waals surface area contributed by atoms with E-state index >= 15 is 0 Å². The number of carbonyl (C=O) groups excluding carboxylic acids is 2. The first kappa shape index (κ1) is 22.6. The fraction of sp³-hybridized carbons (Fsp3) is 0.632. The lowest BCUT2D eigenvalue weighted by Gasteiger charge is -2.40. The molecule has 166 valence electrons. The first-order valence-electron chi connectivity index (χ1n) is 9.87. The zero-order valence-electron chi connectivity index (χ0n) is 16.7. The molecule has 2 N–H and O–H groups in total. The minimum Gasteiger partial charge on any atom is -0.368 e. The zero-order valence-corrected chi connectivity index (χ0v) is 17.4. The van der Waals surface area contributed by atoms with E-state index in [0.717, 1.165) is 12.3 Å². The van der Waals surface area contributed by atoms with Crippen molar-refractivity contribution in [3.05, 3.63) is 22.8 Å². The van der Waals surface area contributed by atoms with Gasteiger partial charge in [0.25, 0.3) is 0 Å². The minimum atomic E-state index is -4.49. The Hall–Kier alpha value is -2.07. The van der Waals surface area contributed by atoms with Gasteiger partial charge in [-0.2, -0.15) is 13.2 Å². The second kappa shape index (κ2) is 8.97. The smallest absolute Gasteiger partial charge is 0.368 e. The lowest BCUT2D eigenvalue weighted by molar-refractivity contribution is -0.139. The van der Waals surface area contributed by atoms with E-state index < -0.39 is 11.7 Å². The molecule has 0 radical (unpaired) electrons. The highest BCUT2D eigenvalue weighted by Crippen LogP contribution is 2.34. The van der Waals surface area contributed by atoms with Gasteiger partial charge < -0.3 is 15.5 Å². The second-order valence-corrected chi connectivity index (χ2v) is 8.14. The highest BCUT2D eigenvalue weighted by Gasteiger charge is 2.34. The van der Waals surface area contributed by atoms with Crippen LogP contribution in [0.5, 0.6) is 0 Å². The summed E-state index contributed by atoms with van der Waals surface area (Å²) in [5.41, 5.74) is 4.46. The minimum absolute atomic E-state index is 0.0469. The number of carbonyl (C=O) groups is 2. The van der Waals surface area contributed by atoms with Crippen molar-refractivity contribution in [1.29, 1.82) is 0 Å². The molecule has 0 spiro atoms. The van der Waals surface area contributed by atoms with E-state index in [4.69, 9.17) is 17.3 Å². The molecule has 0 aliphatic carbocycles. The largest absolute Gasteiger partial charge is 0.417 e. The van der Waals surface area contributed by atoms with Crippen LogP contribution in [-0.4, -0.2) is 71.9 Å². The normalized spacial score (nSPS) is 20.3. The van der Waals surface area contributed by atoms with E-state index in [0.29, 0.717) is 57.9 Å². The number of hydrogen-bond acceptors (Lipinski definition) is 5. The van der Waals surface area contributed by atoms with Crippen molar-refractivity contribution in [3.8, 4) is 0 Å². The number of piperidine rings is 1. The van der Waals surface area contributed by atoms with E-state index in [1.807, 2.05) is 14.7 Å². The van der Waals surface area contributed by atoms with Gasteiger partial charge in [0.15, 0.2) is 0 Å². The molecule has 1 atom stereocenters. The van der Waals surface area contributed by atoms with Gasteiger partial charge in [0.05, 0.1) is 16.6 Å². The molecule has 1 aromatic rings. The van der Waals surface area contributed by atoms with Gasteiger partial charge in [-0.05, 0) is 25.8 Å². The van der Waals surface area contributed by atoms with E-state index in [-0.39, 0.29) is 28.8 Å². The Morgan fingerprint density at radius 1 is 1.17 bits per heavy atom. The molecule has 2 amide bonds. The fourth-order valence-corrected chi connectivity index (χ4v) is 4.21. The fourth-order valence-electron chi connectivity index (χ4n) is 3.92. The number of amides is 2. The van der Waals surface area contributed by atoms with Gasteiger partial charge in [0, 0.05) is 51.4 Å². The number of alkyl halides is 3. The third kappa shape index (κ3) is 4.97. The lowest BCUT2D eigenvalue weighted by atomic mass is 9.95. The van der Waals surface area contributed by atoms with Crippen molar-refractivity contribution in [2.45, 2.75) is 32.0 Å². The zero-order chi connectivity index (χ0) is 22.1. The Balaban J connectivity index is 1.53. The molecule has 0 saturated carbocycles. The lowest BCUT2D eigenvalue weighted by Crippen LogP contribution is -2.55. The number of nitrogens with zero attached hydrogens (tertiary/aromatic N) is 4. The summed E-state index contributed by atoms with van der Waals surface area (Å²) >= 11 is 6.03. The van der Waals surface area contributed by atoms with Crippen molar-refractivity contribution in [3.63, 3.8) is 0 Å². The predicted molar refractivity (Wildman–Crippen MR) is 106 cm³/mol. The SMILES string of the molecule is CC(C(N)=O)N1CCN(C(=O)C2CCN(c3ncc(C(F)(F)F)cc3Cl)CC2)CC1. The van der Waals surface area contributed by atoms with Crippen LogP contribution in [0.3, 0.4) is 0 Å². The van der Waals surface area contributed by atoms with E-state index in [9.17, 15) is 22.8 Å². The van der Waals surface area contributed by atoms with Gasteiger partial charge in [0.1, 0.15) is 5.82 Å². The Morgan fingerprint density at radius 3 is 2.27 bits per heavy atom. The quantitative estimate of drug-likeness (QED) is 0.763. The Labute approximate surface area is 177 Å². The Kier molecular flexibility index (Phi) is 6.76. The summed E-state index contributed by atoms with van der Waals surface area (Å²) in [6.07, 6.45) is -2.55. The van der Waals surface area contributed by atoms with Gasteiger partial charge in [-0.3, -0.25) is 14.5 Å². The molecule has 0 aromatic carbocycles. The monoisotopic (exact) mass is 447 g/mol. The second-order valence-electron chi connectivity index (χ2n) is 7.73. The average Bonchev–Trinajstić information content (AvgIpc) is 2.72. The number of pyridine rings is 1. The van der Waals surface area contributed by atoms with Crippen molar-refractivity contribution < 1.29 is 22.8 Å². The molecule has 7 nitrogen and oxygen atoms in total. The number of primary amides is 1. The molecule has 0 bridgehead atoms. The number of nitrogens with two attached hydrogens (primary N) is 1. The Morgan fingerprint density at radius 2 is 1.77 bits per heavy atom. The molecule has 3 heterocycles. The maximum absolute atomic E-state index is 12.9. The van der Waals surface area contributed by atoms with Gasteiger partial charge in [-0.15, -0.1) is 0 Å². The van der Waals surface area contributed by atoms with Crippen LogP contribution in [0.15, 0.2) is 12.3 Å². The van der Waals surface area contributed by atoms with E-state index in [2.05, 4.69) is 4.98 Å². The molecule has 30 heavy (non-hydrogen) atoms. The van der Waals surface area contributed by atoms with E-state index in [1.165, 1.54) is 0 Å². The average molecular weight is 448 g/mol. The number of hydrogen-bond donors (Lipinski definition) is 1. The number of piperazine rings is 1. The molecule has 3 rings (SSSR count). The first-order valence-corrected chi connectivity index (χ1v) is 10.3. The summed E-state index contributed by atoms with van der Waals surface area (Å²) in [7, 11) is 0. The topological polar surface area (TPSA) is 82.8 Å². The van der Waals surface area contributed by atoms with Crippen molar-refractivity contribution >= 4 is 29.2 Å². The summed E-state index contributed by atoms with van der Waals surface area (Å²) in [5, 5.41) is -0.0469. The molecule has 2 aliphatic heterocycles. The third-order valence-electron chi connectivity index (χ3n) is 5.88. The van der Waals surface area contributed by atoms with Crippen molar-refractivity contribution in [2.24, 2.45) is 11.7 Å². The molecule has 1 aromatic heterocycles. The third-order valence-corrected chi connectivity index (χ3v) is 6.16. The molecule has 11 heteroatoms. The molecule has 2 fully saturated rings. The van der Waals surface area contributed by atoms with Crippen LogP contribution in [0.25, 0.3) is 0 Å². The highest BCUT2D eigenvalue weighted by atomic mass is 35.5. The number of rotatable bonds is 4. The standard InChI is InChI=1S/C19H25ClF3N5O2/c1-12(16(24)29)26-6-8-28(9-7-26)18(30)13-2-4-27(5-3-13)17-15(20)10-14(11-25-17)19(21,22)23/h10-13H,2-9H2,1H3,(H2,24,29). The van der Waals surface area contributed by atoms with Crippen LogP contribution in [0, 0.1) is 5.92 Å². The number of aromatic nitrogens is 1. The summed E-state index contributed by atoms with van der Waals surface area (Å²) < 4.78 is 38.4. The highest BCUT2D eigenvalue weighted by molar-refractivity contribution is 6.33. The van der Waals surface area contributed by atoms with Crippen LogP contribution in [0.1, 0.15) is 25.3 Å². The van der Waals surface area contributed by atoms with Crippen LogP contribution >= 0.6 is 11.6 Å². The Bertz CT molecular complexity index is 791. The van der Waals surface area contributed by atoms with Crippen molar-refractivity contribution in [2.75, 3.05) is 44.2 Å². The van der Waals surface area contributed by atoms with Crippen LogP contribution < -0.4 is 10.6 Å². The summed E-state index contributed by atoms with van der Waals surface area (Å²) in [6, 6.07) is 0.528. The molecule has 1 unspecified atom stereocenters. The van der Waals surface area contributed by atoms with Crippen molar-refractivity contribution in [1.82, 2.24) is 14.8 Å². The first-order chi connectivity index (χ1) is 14.1. The maximum Gasteiger partial charge on any atom is 0.417 e. The van der Waals surface area contributed by atoms with Gasteiger partial charge >= 0.3 is 6.18 Å². The number of anilines is 1. The van der Waals surface area contributed by atoms with Gasteiger partial charge in [-0.25, -0.2) is 4.98 Å². The molecular formula is C19H25ClF3N5O2. The molecule has 2 aliphatic rings. The van der Waals surface area contributed by atoms with Gasteiger partial charge in [0.2, 0.25) is 11.8 Å². The summed E-state index contributed by atoms with van der Waals surface area (Å²) in [4.78, 5) is 33.7. The van der Waals surface area contributed by atoms with Crippen LogP contribution in [0.2, 0.25) is 5.02 Å². The van der Waals surface area contributed by atoms with E-state index in [1.54, 1.807) is 6.92 Å².